The second-order valence-electron chi connectivity index (χ2n) is 9.79. The number of ether oxygens (including phenoxy) is 3. The van der Waals surface area contributed by atoms with Crippen LogP contribution in [0.2, 0.25) is 0 Å². The van der Waals surface area contributed by atoms with E-state index in [-0.39, 0.29) is 5.97 Å². The first-order valence-electron chi connectivity index (χ1n) is 14.4. The van der Waals surface area contributed by atoms with Gasteiger partial charge in [0.05, 0.1) is 12.2 Å². The van der Waals surface area contributed by atoms with E-state index in [2.05, 4.69) is 13.8 Å². The van der Waals surface area contributed by atoms with Gasteiger partial charge in [-0.25, -0.2) is 4.79 Å². The van der Waals surface area contributed by atoms with Crippen molar-refractivity contribution in [3.8, 4) is 22.6 Å². The Bertz CT molecular complexity index is 1060. The fourth-order valence-corrected chi connectivity index (χ4v) is 4.33. The molecule has 4 nitrogen and oxygen atoms in total. The minimum Gasteiger partial charge on any atom is -0.494 e. The zero-order chi connectivity index (χ0) is 26.8. The highest BCUT2D eigenvalue weighted by molar-refractivity contribution is 5.98. The van der Waals surface area contributed by atoms with Crippen LogP contribution in [0.4, 0.5) is 0 Å². The molecule has 0 fully saturated rings. The van der Waals surface area contributed by atoms with Crippen molar-refractivity contribution in [3.63, 3.8) is 0 Å². The second-order valence-corrected chi connectivity index (χ2v) is 9.79. The molecule has 0 aliphatic carbocycles. The number of hydrogen-bond acceptors (Lipinski definition) is 4. The Morgan fingerprint density at radius 3 is 2.05 bits per heavy atom. The van der Waals surface area contributed by atoms with Crippen LogP contribution >= 0.6 is 0 Å². The van der Waals surface area contributed by atoms with Crippen molar-refractivity contribution < 1.29 is 19.0 Å². The van der Waals surface area contributed by atoms with E-state index in [4.69, 9.17) is 14.2 Å². The molecule has 0 spiro atoms. The molecule has 0 radical (unpaired) electrons. The van der Waals surface area contributed by atoms with Crippen LogP contribution < -0.4 is 9.47 Å². The maximum absolute atomic E-state index is 13.1. The fourth-order valence-electron chi connectivity index (χ4n) is 4.33. The quantitative estimate of drug-likeness (QED) is 0.0961. The predicted octanol–water partition coefficient (Wildman–Crippen LogP) is 9.06. The first-order chi connectivity index (χ1) is 18.7. The molecule has 3 aromatic carbocycles. The molecule has 0 N–H and O–H groups in total. The lowest BCUT2D eigenvalue weighted by molar-refractivity contribution is 0.0735. The van der Waals surface area contributed by atoms with Gasteiger partial charge in [-0.15, -0.1) is 0 Å². The van der Waals surface area contributed by atoms with Gasteiger partial charge in [0, 0.05) is 13.2 Å². The minimum absolute atomic E-state index is 0.360. The van der Waals surface area contributed by atoms with E-state index in [1.54, 1.807) is 0 Å². The van der Waals surface area contributed by atoms with Crippen LogP contribution in [-0.2, 0) is 11.2 Å². The van der Waals surface area contributed by atoms with Crippen LogP contribution in [0.1, 0.15) is 87.6 Å². The van der Waals surface area contributed by atoms with E-state index in [1.807, 2.05) is 72.8 Å². The topological polar surface area (TPSA) is 44.8 Å². The van der Waals surface area contributed by atoms with E-state index in [9.17, 15) is 4.79 Å². The zero-order valence-corrected chi connectivity index (χ0v) is 23.3. The lowest BCUT2D eigenvalue weighted by Gasteiger charge is -2.11. The highest BCUT2D eigenvalue weighted by Gasteiger charge is 2.15. The van der Waals surface area contributed by atoms with Crippen LogP contribution in [0, 0.1) is 0 Å². The highest BCUT2D eigenvalue weighted by Crippen LogP contribution is 2.27. The third-order valence-corrected chi connectivity index (χ3v) is 6.61. The van der Waals surface area contributed by atoms with Crippen molar-refractivity contribution >= 4 is 5.97 Å². The number of aryl methyl sites for hydroxylation is 1. The summed E-state index contributed by atoms with van der Waals surface area (Å²) >= 11 is 0. The zero-order valence-electron chi connectivity index (χ0n) is 23.3. The molecule has 204 valence electrons. The lowest BCUT2D eigenvalue weighted by atomic mass is 9.99. The molecule has 4 heteroatoms. The van der Waals surface area contributed by atoms with Crippen LogP contribution in [-0.4, -0.2) is 25.8 Å². The predicted molar refractivity (Wildman–Crippen MR) is 156 cm³/mol. The van der Waals surface area contributed by atoms with Gasteiger partial charge in [0.2, 0.25) is 0 Å². The Labute approximate surface area is 229 Å². The molecule has 0 aromatic heterocycles. The third kappa shape index (κ3) is 10.3. The molecule has 0 aliphatic rings. The van der Waals surface area contributed by atoms with Gasteiger partial charge in [0.25, 0.3) is 0 Å². The van der Waals surface area contributed by atoms with Gasteiger partial charge < -0.3 is 14.2 Å². The van der Waals surface area contributed by atoms with Crippen LogP contribution in [0.15, 0.2) is 72.8 Å². The van der Waals surface area contributed by atoms with Gasteiger partial charge in [0.1, 0.15) is 11.5 Å². The molecular weight excluding hydrogens is 472 g/mol. The second kappa shape index (κ2) is 17.4. The minimum atomic E-state index is -0.360. The summed E-state index contributed by atoms with van der Waals surface area (Å²) in [4.78, 5) is 13.1. The molecule has 0 aliphatic heterocycles. The molecule has 3 aromatic rings. The van der Waals surface area contributed by atoms with Crippen LogP contribution in [0.5, 0.6) is 11.5 Å². The number of rotatable bonds is 18. The van der Waals surface area contributed by atoms with Crippen molar-refractivity contribution in [2.75, 3.05) is 19.8 Å². The van der Waals surface area contributed by atoms with Crippen LogP contribution in [0.25, 0.3) is 11.1 Å². The number of carbonyl (C=O) groups is 1. The number of benzene rings is 3. The summed E-state index contributed by atoms with van der Waals surface area (Å²) in [5.41, 5.74) is 3.56. The molecule has 38 heavy (non-hydrogen) atoms. The van der Waals surface area contributed by atoms with E-state index in [0.717, 1.165) is 68.8 Å². The Morgan fingerprint density at radius 1 is 0.632 bits per heavy atom. The van der Waals surface area contributed by atoms with E-state index in [1.165, 1.54) is 37.7 Å². The molecule has 0 amide bonds. The maximum Gasteiger partial charge on any atom is 0.344 e. The smallest absolute Gasteiger partial charge is 0.344 e. The molecule has 0 saturated carbocycles. The Morgan fingerprint density at radius 2 is 1.29 bits per heavy atom. The van der Waals surface area contributed by atoms with Crippen molar-refractivity contribution in [3.05, 3.63) is 83.9 Å². The summed E-state index contributed by atoms with van der Waals surface area (Å²) in [5.74, 6) is 1.04. The van der Waals surface area contributed by atoms with Crippen LogP contribution in [0.3, 0.4) is 0 Å². The summed E-state index contributed by atoms with van der Waals surface area (Å²) in [6.07, 6.45) is 11.7. The van der Waals surface area contributed by atoms with Crippen molar-refractivity contribution in [1.82, 2.24) is 0 Å². The molecule has 0 unspecified atom stereocenters. The molecule has 0 saturated heterocycles. The van der Waals surface area contributed by atoms with Crippen molar-refractivity contribution in [2.45, 2.75) is 78.1 Å². The molecule has 0 atom stereocenters. The maximum atomic E-state index is 13.1. The first kappa shape index (κ1) is 29.4. The van der Waals surface area contributed by atoms with Gasteiger partial charge in [0.15, 0.2) is 0 Å². The van der Waals surface area contributed by atoms with Gasteiger partial charge in [-0.2, -0.15) is 0 Å². The Kier molecular flexibility index (Phi) is 13.5. The summed E-state index contributed by atoms with van der Waals surface area (Å²) in [5, 5.41) is 0. The van der Waals surface area contributed by atoms with E-state index < -0.39 is 0 Å². The van der Waals surface area contributed by atoms with Crippen molar-refractivity contribution in [2.24, 2.45) is 0 Å². The molecule has 3 rings (SSSR count). The summed E-state index contributed by atoms with van der Waals surface area (Å²) in [6, 6.07) is 23.3. The standard InChI is InChI=1S/C34H44O4/c1-3-5-7-8-9-12-27-37-30-23-19-29(20-24-30)32-15-10-11-16-33(32)34(35)38-31-21-17-28(18-22-31)14-13-26-36-25-6-4-2/h10-11,15-24H,3-9,12-14,25-27H2,1-2H3. The normalized spacial score (nSPS) is 10.9. The van der Waals surface area contributed by atoms with E-state index in [0.29, 0.717) is 11.3 Å². The highest BCUT2D eigenvalue weighted by atomic mass is 16.5. The summed E-state index contributed by atoms with van der Waals surface area (Å²) < 4.78 is 17.3. The first-order valence-corrected chi connectivity index (χ1v) is 14.4. The largest absolute Gasteiger partial charge is 0.494 e. The Balaban J connectivity index is 1.50. The Hall–Kier alpha value is -3.11. The average molecular weight is 517 g/mol. The van der Waals surface area contributed by atoms with Gasteiger partial charge in [-0.3, -0.25) is 0 Å². The van der Waals surface area contributed by atoms with Gasteiger partial charge >= 0.3 is 5.97 Å². The fraction of sp³-hybridized carbons (Fsp3) is 0.441. The average Bonchev–Trinajstić information content (AvgIpc) is 2.95. The van der Waals surface area contributed by atoms with Crippen molar-refractivity contribution in [1.29, 1.82) is 0 Å². The molecule has 0 bridgehead atoms. The van der Waals surface area contributed by atoms with E-state index >= 15 is 0 Å². The van der Waals surface area contributed by atoms with Gasteiger partial charge in [-0.1, -0.05) is 94.8 Å². The number of esters is 1. The van der Waals surface area contributed by atoms with Gasteiger partial charge in [-0.05, 0) is 72.7 Å². The number of hydrogen-bond donors (Lipinski definition) is 0. The SMILES string of the molecule is CCCCCCCCOc1ccc(-c2ccccc2C(=O)Oc2ccc(CCCOCCCC)cc2)cc1. The molecule has 0 heterocycles. The monoisotopic (exact) mass is 516 g/mol. The molecular formula is C34H44O4. The summed E-state index contributed by atoms with van der Waals surface area (Å²) in [6.45, 7) is 6.76. The lowest BCUT2D eigenvalue weighted by Crippen LogP contribution is -2.10. The number of carbonyl (C=O) groups excluding carboxylic acids is 1. The summed E-state index contributed by atoms with van der Waals surface area (Å²) in [7, 11) is 0. The number of unbranched alkanes of at least 4 members (excludes halogenated alkanes) is 6. The third-order valence-electron chi connectivity index (χ3n) is 6.61.